The van der Waals surface area contributed by atoms with Gasteiger partial charge in [-0.15, -0.1) is 0 Å². The van der Waals surface area contributed by atoms with Gasteiger partial charge in [-0.05, 0) is 24.3 Å². The largest absolute Gasteiger partial charge is 0.348 e. The summed E-state index contributed by atoms with van der Waals surface area (Å²) in [5.74, 6) is -1.82. The smallest absolute Gasteiger partial charge is 0.251 e. The maximum Gasteiger partial charge on any atom is 0.251 e. The molecule has 4 nitrogen and oxygen atoms in total. The maximum atomic E-state index is 13.4. The van der Waals surface area contributed by atoms with E-state index in [0.717, 1.165) is 12.1 Å². The second kappa shape index (κ2) is 6.21. The Morgan fingerprint density at radius 2 is 1.95 bits per heavy atom. The number of nitrogens with two attached hydrogens (primary N) is 1. The summed E-state index contributed by atoms with van der Waals surface area (Å²) in [5.41, 5.74) is 6.17. The molecule has 1 aromatic heterocycles. The van der Waals surface area contributed by atoms with Crippen molar-refractivity contribution in [2.45, 2.75) is 13.1 Å². The van der Waals surface area contributed by atoms with Crippen LogP contribution in [0.3, 0.4) is 0 Å². The summed E-state index contributed by atoms with van der Waals surface area (Å²) in [6, 6.07) is 6.60. The number of pyridine rings is 1. The Labute approximate surface area is 114 Å². The lowest BCUT2D eigenvalue weighted by molar-refractivity contribution is 0.0950. The Kier molecular flexibility index (Phi) is 4.37. The van der Waals surface area contributed by atoms with Crippen LogP contribution in [0.2, 0.25) is 0 Å². The number of nitrogens with one attached hydrogen (secondary N) is 1. The number of amides is 1. The van der Waals surface area contributed by atoms with Gasteiger partial charge in [-0.3, -0.25) is 9.78 Å². The highest BCUT2D eigenvalue weighted by Gasteiger charge is 2.11. The zero-order valence-electron chi connectivity index (χ0n) is 10.6. The van der Waals surface area contributed by atoms with E-state index in [9.17, 15) is 13.6 Å². The van der Waals surface area contributed by atoms with Crippen LogP contribution >= 0.6 is 0 Å². The highest BCUT2D eigenvalue weighted by atomic mass is 19.1. The van der Waals surface area contributed by atoms with Crippen LogP contribution in [0.1, 0.15) is 21.6 Å². The summed E-state index contributed by atoms with van der Waals surface area (Å²) in [7, 11) is 0. The van der Waals surface area contributed by atoms with Gasteiger partial charge < -0.3 is 11.1 Å². The fraction of sp³-hybridized carbons (Fsp3) is 0.143. The third-order valence-electron chi connectivity index (χ3n) is 2.78. The van der Waals surface area contributed by atoms with Crippen molar-refractivity contribution in [3.05, 3.63) is 65.0 Å². The van der Waals surface area contributed by atoms with Crippen molar-refractivity contribution in [2.75, 3.05) is 0 Å². The van der Waals surface area contributed by atoms with Crippen molar-refractivity contribution in [2.24, 2.45) is 5.73 Å². The Bertz CT molecular complexity index is 611. The number of benzene rings is 1. The van der Waals surface area contributed by atoms with Gasteiger partial charge in [-0.2, -0.15) is 0 Å². The molecule has 2 aromatic rings. The average Bonchev–Trinajstić information content (AvgIpc) is 2.46. The van der Waals surface area contributed by atoms with E-state index >= 15 is 0 Å². The van der Waals surface area contributed by atoms with E-state index in [1.807, 2.05) is 0 Å². The molecule has 1 amide bonds. The van der Waals surface area contributed by atoms with E-state index in [0.29, 0.717) is 11.3 Å². The lowest BCUT2D eigenvalue weighted by atomic mass is 10.1. The summed E-state index contributed by atoms with van der Waals surface area (Å²) in [4.78, 5) is 15.8. The first-order chi connectivity index (χ1) is 9.61. The molecule has 0 saturated heterocycles. The molecule has 0 aliphatic rings. The van der Waals surface area contributed by atoms with Crippen molar-refractivity contribution in [1.82, 2.24) is 10.3 Å². The van der Waals surface area contributed by atoms with Crippen LogP contribution in [0.5, 0.6) is 0 Å². The van der Waals surface area contributed by atoms with Gasteiger partial charge >= 0.3 is 0 Å². The SMILES string of the molecule is NCc1cc(C(=O)NCc2c(F)cccc2F)ccn1. The summed E-state index contributed by atoms with van der Waals surface area (Å²) in [6.45, 7) is -0.0132. The highest BCUT2D eigenvalue weighted by Crippen LogP contribution is 2.12. The molecule has 0 atom stereocenters. The molecule has 104 valence electrons. The predicted octanol–water partition coefficient (Wildman–Crippen LogP) is 1.75. The molecule has 1 aromatic carbocycles. The number of carbonyl (C=O) groups is 1. The standard InChI is InChI=1S/C14H13F2N3O/c15-12-2-1-3-13(16)11(12)8-19-14(20)9-4-5-18-10(6-9)7-17/h1-6H,7-8,17H2,(H,19,20). The molecule has 0 radical (unpaired) electrons. The van der Waals surface area contributed by atoms with Gasteiger partial charge in [-0.25, -0.2) is 8.78 Å². The minimum absolute atomic E-state index is 0.172. The second-order valence-corrected chi connectivity index (χ2v) is 4.12. The third-order valence-corrected chi connectivity index (χ3v) is 2.78. The fourth-order valence-corrected chi connectivity index (χ4v) is 1.70. The van der Waals surface area contributed by atoms with Gasteiger partial charge in [0.15, 0.2) is 0 Å². The van der Waals surface area contributed by atoms with Gasteiger partial charge in [0.2, 0.25) is 0 Å². The van der Waals surface area contributed by atoms with E-state index in [1.54, 1.807) is 0 Å². The topological polar surface area (TPSA) is 68.0 Å². The first-order valence-electron chi connectivity index (χ1n) is 5.98. The van der Waals surface area contributed by atoms with Crippen molar-refractivity contribution in [3.8, 4) is 0 Å². The van der Waals surface area contributed by atoms with E-state index in [-0.39, 0.29) is 18.7 Å². The van der Waals surface area contributed by atoms with Crippen molar-refractivity contribution < 1.29 is 13.6 Å². The van der Waals surface area contributed by atoms with Gasteiger partial charge in [0.05, 0.1) is 5.69 Å². The number of hydrogen-bond acceptors (Lipinski definition) is 3. The minimum Gasteiger partial charge on any atom is -0.348 e. The fourth-order valence-electron chi connectivity index (χ4n) is 1.70. The normalized spacial score (nSPS) is 10.3. The van der Waals surface area contributed by atoms with Gasteiger partial charge in [0, 0.05) is 30.4 Å². The molecule has 0 saturated carbocycles. The highest BCUT2D eigenvalue weighted by molar-refractivity contribution is 5.94. The summed E-state index contributed by atoms with van der Waals surface area (Å²) >= 11 is 0. The van der Waals surface area contributed by atoms with Crippen molar-refractivity contribution in [3.63, 3.8) is 0 Å². The van der Waals surface area contributed by atoms with Crippen LogP contribution in [0.15, 0.2) is 36.5 Å². The zero-order valence-corrected chi connectivity index (χ0v) is 10.6. The van der Waals surface area contributed by atoms with Gasteiger partial charge in [-0.1, -0.05) is 6.07 Å². The Morgan fingerprint density at radius 1 is 1.25 bits per heavy atom. The summed E-state index contributed by atoms with van der Waals surface area (Å²) in [5, 5.41) is 2.46. The number of hydrogen-bond donors (Lipinski definition) is 2. The molecule has 0 fully saturated rings. The number of halogens is 2. The van der Waals surface area contributed by atoms with E-state index in [1.165, 1.54) is 24.4 Å². The second-order valence-electron chi connectivity index (χ2n) is 4.12. The first kappa shape index (κ1) is 14.1. The zero-order chi connectivity index (χ0) is 14.5. The Balaban J connectivity index is 2.09. The van der Waals surface area contributed by atoms with E-state index in [2.05, 4.69) is 10.3 Å². The Morgan fingerprint density at radius 3 is 2.60 bits per heavy atom. The molecule has 20 heavy (non-hydrogen) atoms. The van der Waals surface area contributed by atoms with Crippen LogP contribution in [0.4, 0.5) is 8.78 Å². The van der Waals surface area contributed by atoms with Crippen LogP contribution in [0.25, 0.3) is 0 Å². The number of aromatic nitrogens is 1. The molecule has 1 heterocycles. The maximum absolute atomic E-state index is 13.4. The molecule has 0 unspecified atom stereocenters. The monoisotopic (exact) mass is 277 g/mol. The van der Waals surface area contributed by atoms with Crippen LogP contribution in [-0.2, 0) is 13.1 Å². The molecule has 0 aliphatic carbocycles. The van der Waals surface area contributed by atoms with Crippen LogP contribution in [-0.4, -0.2) is 10.9 Å². The quantitative estimate of drug-likeness (QED) is 0.894. The molecular formula is C14H13F2N3O. The minimum atomic E-state index is -0.692. The number of nitrogens with zero attached hydrogens (tertiary/aromatic N) is 1. The molecule has 0 spiro atoms. The average molecular weight is 277 g/mol. The molecular weight excluding hydrogens is 264 g/mol. The van der Waals surface area contributed by atoms with Crippen LogP contribution in [0, 0.1) is 11.6 Å². The van der Waals surface area contributed by atoms with Crippen molar-refractivity contribution in [1.29, 1.82) is 0 Å². The van der Waals surface area contributed by atoms with Gasteiger partial charge in [0.25, 0.3) is 5.91 Å². The van der Waals surface area contributed by atoms with E-state index in [4.69, 9.17) is 5.73 Å². The summed E-state index contributed by atoms with van der Waals surface area (Å²) < 4.78 is 26.8. The summed E-state index contributed by atoms with van der Waals surface area (Å²) in [6.07, 6.45) is 1.46. The van der Waals surface area contributed by atoms with Crippen molar-refractivity contribution >= 4 is 5.91 Å². The lowest BCUT2D eigenvalue weighted by Crippen LogP contribution is -2.24. The third kappa shape index (κ3) is 3.16. The Hall–Kier alpha value is -2.34. The molecule has 6 heteroatoms. The lowest BCUT2D eigenvalue weighted by Gasteiger charge is -2.08. The number of carbonyl (C=O) groups excluding carboxylic acids is 1. The molecule has 2 rings (SSSR count). The van der Waals surface area contributed by atoms with Gasteiger partial charge in [0.1, 0.15) is 11.6 Å². The van der Waals surface area contributed by atoms with Crippen LogP contribution < -0.4 is 11.1 Å². The molecule has 0 aliphatic heterocycles. The van der Waals surface area contributed by atoms with E-state index < -0.39 is 17.5 Å². The molecule has 0 bridgehead atoms. The first-order valence-corrected chi connectivity index (χ1v) is 5.98. The molecule has 3 N–H and O–H groups in total. The predicted molar refractivity (Wildman–Crippen MR) is 69.7 cm³/mol. The number of rotatable bonds is 4.